The number of hydrogen-bond donors (Lipinski definition) is 2. The number of thiazole rings is 1. The van der Waals surface area contributed by atoms with Gasteiger partial charge in [0.05, 0.1) is 22.9 Å². The number of carboxylic acids is 1. The Kier molecular flexibility index (Phi) is 5.14. The zero-order valence-electron chi connectivity index (χ0n) is 15.7. The normalized spacial score (nSPS) is 19.3. The number of hydrogen-bond acceptors (Lipinski definition) is 6. The van der Waals surface area contributed by atoms with Crippen molar-refractivity contribution >= 4 is 23.2 Å². The van der Waals surface area contributed by atoms with Crippen LogP contribution in [0.3, 0.4) is 0 Å². The van der Waals surface area contributed by atoms with Crippen LogP contribution in [0, 0.1) is 26.7 Å². The van der Waals surface area contributed by atoms with Gasteiger partial charge in [-0.25, -0.2) is 9.67 Å². The Morgan fingerprint density at radius 1 is 1.22 bits per heavy atom. The predicted molar refractivity (Wildman–Crippen MR) is 101 cm³/mol. The highest BCUT2D eigenvalue weighted by atomic mass is 32.1. The molecule has 2 aromatic heterocycles. The van der Waals surface area contributed by atoms with E-state index < -0.39 is 11.9 Å². The molecular formula is C18H22N4O4S. The smallest absolute Gasteiger partial charge is 0.306 e. The second kappa shape index (κ2) is 7.22. The summed E-state index contributed by atoms with van der Waals surface area (Å²) in [4.78, 5) is 41.2. The summed E-state index contributed by atoms with van der Waals surface area (Å²) >= 11 is 1.18. The third kappa shape index (κ3) is 3.64. The van der Waals surface area contributed by atoms with E-state index in [9.17, 15) is 14.4 Å². The molecule has 1 saturated carbocycles. The fourth-order valence-electron chi connectivity index (χ4n) is 3.40. The number of carbonyl (C=O) groups is 2. The second-order valence-electron chi connectivity index (χ2n) is 6.97. The van der Waals surface area contributed by atoms with Crippen LogP contribution < -0.4 is 10.9 Å². The Hall–Kier alpha value is -2.55. The molecule has 2 N–H and O–H groups in total. The van der Waals surface area contributed by atoms with Crippen molar-refractivity contribution in [1.29, 1.82) is 0 Å². The first kappa shape index (κ1) is 19.2. The monoisotopic (exact) mass is 390 g/mol. The highest BCUT2D eigenvalue weighted by molar-refractivity contribution is 7.17. The summed E-state index contributed by atoms with van der Waals surface area (Å²) in [5, 5.41) is 16.7. The Morgan fingerprint density at radius 2 is 1.93 bits per heavy atom. The van der Waals surface area contributed by atoms with Crippen molar-refractivity contribution < 1.29 is 14.7 Å². The van der Waals surface area contributed by atoms with Crippen molar-refractivity contribution in [3.05, 3.63) is 32.2 Å². The molecule has 1 aliphatic carbocycles. The molecule has 1 fully saturated rings. The molecule has 2 atom stereocenters. The van der Waals surface area contributed by atoms with Gasteiger partial charge >= 0.3 is 5.97 Å². The quantitative estimate of drug-likeness (QED) is 0.823. The molecule has 3 rings (SSSR count). The third-order valence-corrected chi connectivity index (χ3v) is 6.23. The largest absolute Gasteiger partial charge is 0.481 e. The molecule has 1 amide bonds. The van der Waals surface area contributed by atoms with E-state index in [-0.39, 0.29) is 17.5 Å². The maximum absolute atomic E-state index is 12.7. The third-order valence-electron chi connectivity index (χ3n) is 5.06. The fourth-order valence-corrected chi connectivity index (χ4v) is 4.47. The van der Waals surface area contributed by atoms with Gasteiger partial charge < -0.3 is 10.4 Å². The molecule has 27 heavy (non-hydrogen) atoms. The van der Waals surface area contributed by atoms with Gasteiger partial charge in [0.15, 0.2) is 0 Å². The van der Waals surface area contributed by atoms with Crippen molar-refractivity contribution in [2.75, 3.05) is 0 Å². The average molecular weight is 390 g/mol. The zero-order valence-corrected chi connectivity index (χ0v) is 16.5. The van der Waals surface area contributed by atoms with Gasteiger partial charge in [0.1, 0.15) is 9.88 Å². The maximum atomic E-state index is 12.7. The molecule has 1 aliphatic rings. The number of aromatic nitrogens is 3. The number of aliphatic carboxylic acids is 1. The van der Waals surface area contributed by atoms with Gasteiger partial charge in [0.25, 0.3) is 11.5 Å². The highest BCUT2D eigenvalue weighted by Gasteiger charge is 2.31. The van der Waals surface area contributed by atoms with Gasteiger partial charge in [0.2, 0.25) is 0 Å². The lowest BCUT2D eigenvalue weighted by molar-refractivity contribution is -0.141. The first-order chi connectivity index (χ1) is 12.7. The van der Waals surface area contributed by atoms with Crippen LogP contribution in [0.15, 0.2) is 4.79 Å². The minimum absolute atomic E-state index is 0.152. The van der Waals surface area contributed by atoms with Crippen LogP contribution >= 0.6 is 11.3 Å². The lowest BCUT2D eigenvalue weighted by atomic mass is 10.1. The summed E-state index contributed by atoms with van der Waals surface area (Å²) in [5.41, 5.74) is 2.24. The lowest BCUT2D eigenvalue weighted by Crippen LogP contribution is -2.33. The van der Waals surface area contributed by atoms with Crippen LogP contribution in [0.4, 0.5) is 0 Å². The summed E-state index contributed by atoms with van der Waals surface area (Å²) in [6, 6.07) is -0.152. The zero-order chi connectivity index (χ0) is 19.9. The van der Waals surface area contributed by atoms with Gasteiger partial charge in [-0.15, -0.1) is 11.3 Å². The number of amides is 1. The van der Waals surface area contributed by atoms with Crippen molar-refractivity contribution in [3.63, 3.8) is 0 Å². The number of carbonyl (C=O) groups excluding carboxylic acids is 1. The standard InChI is InChI=1S/C18H22N4O4S/c1-8-9(2)21-22(4)17(24)13(8)16-19-10(3)14(27-16)15(23)20-12-6-5-11(7-12)18(25)26/h11-12H,5-7H2,1-4H3,(H,20,23)(H,25,26)/t11-,12+/m1/s1. The molecule has 9 heteroatoms. The van der Waals surface area contributed by atoms with E-state index in [0.29, 0.717) is 40.4 Å². The van der Waals surface area contributed by atoms with Crippen molar-refractivity contribution in [1.82, 2.24) is 20.1 Å². The van der Waals surface area contributed by atoms with Gasteiger partial charge in [0, 0.05) is 13.1 Å². The first-order valence-corrected chi connectivity index (χ1v) is 9.56. The molecule has 2 aromatic rings. The summed E-state index contributed by atoms with van der Waals surface area (Å²) < 4.78 is 1.28. The van der Waals surface area contributed by atoms with Crippen molar-refractivity contribution in [3.8, 4) is 10.6 Å². The number of nitrogens with zero attached hydrogens (tertiary/aromatic N) is 3. The van der Waals surface area contributed by atoms with Gasteiger partial charge in [-0.3, -0.25) is 14.4 Å². The Balaban J connectivity index is 1.87. The van der Waals surface area contributed by atoms with E-state index in [0.717, 1.165) is 11.3 Å². The molecule has 0 unspecified atom stereocenters. The van der Waals surface area contributed by atoms with Crippen LogP contribution in [-0.4, -0.2) is 37.8 Å². The van der Waals surface area contributed by atoms with Crippen LogP contribution in [0.5, 0.6) is 0 Å². The summed E-state index contributed by atoms with van der Waals surface area (Å²) in [6.07, 6.45) is 1.66. The number of aryl methyl sites for hydroxylation is 3. The van der Waals surface area contributed by atoms with E-state index in [4.69, 9.17) is 5.11 Å². The van der Waals surface area contributed by atoms with Crippen molar-refractivity contribution in [2.45, 2.75) is 46.1 Å². The Morgan fingerprint density at radius 3 is 2.56 bits per heavy atom. The number of rotatable bonds is 4. The van der Waals surface area contributed by atoms with Gasteiger partial charge in [-0.05, 0) is 45.6 Å². The predicted octanol–water partition coefficient (Wildman–Crippen LogP) is 1.81. The SMILES string of the molecule is Cc1nc(-c2c(C)c(C)nn(C)c2=O)sc1C(=O)N[C@H]1CC[C@@H](C(=O)O)C1. The summed E-state index contributed by atoms with van der Waals surface area (Å²) in [7, 11) is 1.59. The highest BCUT2D eigenvalue weighted by Crippen LogP contribution is 2.30. The lowest BCUT2D eigenvalue weighted by Gasteiger charge is -2.11. The molecule has 0 radical (unpaired) electrons. The van der Waals surface area contributed by atoms with Crippen LogP contribution in [0.1, 0.15) is 45.9 Å². The molecule has 2 heterocycles. The second-order valence-corrected chi connectivity index (χ2v) is 7.97. The van der Waals surface area contributed by atoms with E-state index in [1.165, 1.54) is 16.0 Å². The minimum Gasteiger partial charge on any atom is -0.481 e. The first-order valence-electron chi connectivity index (χ1n) is 8.75. The molecule has 144 valence electrons. The fraction of sp³-hybridized carbons (Fsp3) is 0.500. The average Bonchev–Trinajstić information content (AvgIpc) is 3.20. The molecule has 0 aromatic carbocycles. The van der Waals surface area contributed by atoms with E-state index >= 15 is 0 Å². The molecule has 0 bridgehead atoms. The minimum atomic E-state index is -0.817. The molecular weight excluding hydrogens is 368 g/mol. The molecule has 8 nitrogen and oxygen atoms in total. The Labute approximate surface area is 160 Å². The Bertz CT molecular complexity index is 978. The molecule has 0 aliphatic heterocycles. The van der Waals surface area contributed by atoms with E-state index in [1.54, 1.807) is 14.0 Å². The topological polar surface area (TPSA) is 114 Å². The number of nitrogens with one attached hydrogen (secondary N) is 1. The summed E-state index contributed by atoms with van der Waals surface area (Å²) in [6.45, 7) is 5.38. The van der Waals surface area contributed by atoms with Crippen LogP contribution in [0.25, 0.3) is 10.6 Å². The maximum Gasteiger partial charge on any atom is 0.306 e. The van der Waals surface area contributed by atoms with Crippen molar-refractivity contribution in [2.24, 2.45) is 13.0 Å². The van der Waals surface area contributed by atoms with Crippen LogP contribution in [-0.2, 0) is 11.8 Å². The van der Waals surface area contributed by atoms with E-state index in [2.05, 4.69) is 15.4 Å². The van der Waals surface area contributed by atoms with E-state index in [1.807, 2.05) is 13.8 Å². The van der Waals surface area contributed by atoms with Crippen LogP contribution in [0.2, 0.25) is 0 Å². The van der Waals surface area contributed by atoms with Gasteiger partial charge in [-0.1, -0.05) is 0 Å². The summed E-state index contributed by atoms with van der Waals surface area (Å²) in [5.74, 6) is -1.49. The molecule has 0 saturated heterocycles. The number of carboxylic acid groups (broad SMARTS) is 1. The molecule has 0 spiro atoms. The van der Waals surface area contributed by atoms with Gasteiger partial charge in [-0.2, -0.15) is 5.10 Å².